The van der Waals surface area contributed by atoms with E-state index in [0.717, 1.165) is 5.69 Å². The first kappa shape index (κ1) is 10.7. The van der Waals surface area contributed by atoms with Crippen molar-refractivity contribution < 1.29 is 0 Å². The van der Waals surface area contributed by atoms with Crippen molar-refractivity contribution in [1.29, 1.82) is 0 Å². The normalized spacial score (nSPS) is 11.7. The minimum atomic E-state index is -0.114. The summed E-state index contributed by atoms with van der Waals surface area (Å²) in [4.78, 5) is 0. The average molecular weight is 215 g/mol. The Morgan fingerprint density at radius 3 is 2.31 bits per heavy atom. The number of hydrogen-bond donors (Lipinski definition) is 1. The van der Waals surface area contributed by atoms with Crippen LogP contribution in [0.4, 0.5) is 5.82 Å². The molecule has 0 spiro atoms. The van der Waals surface area contributed by atoms with Crippen LogP contribution in [0.1, 0.15) is 25.1 Å². The second kappa shape index (κ2) is 3.67. The Morgan fingerprint density at radius 1 is 1.19 bits per heavy atom. The highest BCUT2D eigenvalue weighted by atomic mass is 15.3. The van der Waals surface area contributed by atoms with E-state index in [1.807, 2.05) is 31.3 Å². The van der Waals surface area contributed by atoms with Crippen LogP contribution in [0.25, 0.3) is 0 Å². The Morgan fingerprint density at radius 2 is 1.81 bits per heavy atom. The number of nitrogens with two attached hydrogens (primary N) is 1. The standard InChI is InChI=1S/C13H17N3/c1-13(2,10-7-5-4-6-8-10)11-9-12(14)16(3)15-11/h4-9H,14H2,1-3H3. The fraction of sp³-hybridized carbons (Fsp3) is 0.308. The fourth-order valence-electron chi connectivity index (χ4n) is 1.79. The molecule has 0 saturated heterocycles. The Hall–Kier alpha value is -1.77. The van der Waals surface area contributed by atoms with E-state index in [2.05, 4.69) is 31.1 Å². The number of rotatable bonds is 2. The van der Waals surface area contributed by atoms with Crippen LogP contribution in [0, 0.1) is 0 Å². The van der Waals surface area contributed by atoms with Crippen LogP contribution in [0.2, 0.25) is 0 Å². The molecule has 2 aromatic rings. The predicted octanol–water partition coefficient (Wildman–Crippen LogP) is 2.33. The van der Waals surface area contributed by atoms with Gasteiger partial charge in [-0.2, -0.15) is 5.10 Å². The molecule has 0 unspecified atom stereocenters. The summed E-state index contributed by atoms with van der Waals surface area (Å²) in [5.74, 6) is 0.694. The first-order chi connectivity index (χ1) is 7.51. The van der Waals surface area contributed by atoms with Crippen LogP contribution in [0.3, 0.4) is 0 Å². The SMILES string of the molecule is Cn1nc(C(C)(C)c2ccccc2)cc1N. The summed E-state index contributed by atoms with van der Waals surface area (Å²) in [6, 6.07) is 12.3. The zero-order valence-corrected chi connectivity index (χ0v) is 9.94. The lowest BCUT2D eigenvalue weighted by Gasteiger charge is -2.22. The summed E-state index contributed by atoms with van der Waals surface area (Å²) in [5.41, 5.74) is 7.94. The van der Waals surface area contributed by atoms with Crippen molar-refractivity contribution in [3.8, 4) is 0 Å². The second-order valence-corrected chi connectivity index (χ2v) is 4.57. The van der Waals surface area contributed by atoms with E-state index >= 15 is 0 Å². The summed E-state index contributed by atoms with van der Waals surface area (Å²) in [6.07, 6.45) is 0. The van der Waals surface area contributed by atoms with Crippen LogP contribution < -0.4 is 5.73 Å². The van der Waals surface area contributed by atoms with Gasteiger partial charge in [0.1, 0.15) is 5.82 Å². The molecule has 0 amide bonds. The van der Waals surface area contributed by atoms with E-state index < -0.39 is 0 Å². The van der Waals surface area contributed by atoms with Gasteiger partial charge in [-0.1, -0.05) is 44.2 Å². The van der Waals surface area contributed by atoms with Gasteiger partial charge in [-0.15, -0.1) is 0 Å². The van der Waals surface area contributed by atoms with Gasteiger partial charge < -0.3 is 5.73 Å². The molecule has 0 bridgehead atoms. The summed E-state index contributed by atoms with van der Waals surface area (Å²) in [5, 5.41) is 4.45. The van der Waals surface area contributed by atoms with Gasteiger partial charge in [-0.25, -0.2) is 0 Å². The minimum absolute atomic E-state index is 0.114. The van der Waals surface area contributed by atoms with Crippen molar-refractivity contribution in [1.82, 2.24) is 9.78 Å². The van der Waals surface area contributed by atoms with E-state index in [1.165, 1.54) is 5.56 Å². The molecule has 0 radical (unpaired) electrons. The Labute approximate surface area is 95.9 Å². The fourth-order valence-corrected chi connectivity index (χ4v) is 1.79. The van der Waals surface area contributed by atoms with Crippen molar-refractivity contribution in [2.75, 3.05) is 5.73 Å². The van der Waals surface area contributed by atoms with Crippen molar-refractivity contribution >= 4 is 5.82 Å². The van der Waals surface area contributed by atoms with Gasteiger partial charge in [0.15, 0.2) is 0 Å². The lowest BCUT2D eigenvalue weighted by molar-refractivity contribution is 0.595. The molecule has 1 heterocycles. The molecule has 0 aliphatic rings. The summed E-state index contributed by atoms with van der Waals surface area (Å²) >= 11 is 0. The topological polar surface area (TPSA) is 43.8 Å². The summed E-state index contributed by atoms with van der Waals surface area (Å²) in [6.45, 7) is 4.31. The molecular formula is C13H17N3. The molecule has 0 fully saturated rings. The van der Waals surface area contributed by atoms with Crippen LogP contribution in [0.15, 0.2) is 36.4 Å². The second-order valence-electron chi connectivity index (χ2n) is 4.57. The maximum Gasteiger partial charge on any atom is 0.121 e. The molecule has 2 rings (SSSR count). The molecule has 2 N–H and O–H groups in total. The summed E-state index contributed by atoms with van der Waals surface area (Å²) in [7, 11) is 1.86. The maximum atomic E-state index is 5.82. The van der Waals surface area contributed by atoms with Crippen LogP contribution >= 0.6 is 0 Å². The molecule has 0 aliphatic heterocycles. The number of benzene rings is 1. The molecular weight excluding hydrogens is 198 g/mol. The first-order valence-corrected chi connectivity index (χ1v) is 5.37. The van der Waals surface area contributed by atoms with Gasteiger partial charge >= 0.3 is 0 Å². The van der Waals surface area contributed by atoms with Crippen molar-refractivity contribution in [3.63, 3.8) is 0 Å². The van der Waals surface area contributed by atoms with Crippen LogP contribution in [-0.2, 0) is 12.5 Å². The molecule has 84 valence electrons. The smallest absolute Gasteiger partial charge is 0.121 e. The monoisotopic (exact) mass is 215 g/mol. The van der Waals surface area contributed by atoms with Gasteiger partial charge in [-0.05, 0) is 5.56 Å². The van der Waals surface area contributed by atoms with Crippen molar-refractivity contribution in [2.24, 2.45) is 7.05 Å². The average Bonchev–Trinajstić information content (AvgIpc) is 2.61. The van der Waals surface area contributed by atoms with E-state index in [9.17, 15) is 0 Å². The first-order valence-electron chi connectivity index (χ1n) is 5.37. The third kappa shape index (κ3) is 1.69. The van der Waals surface area contributed by atoms with E-state index in [0.29, 0.717) is 5.82 Å². The number of nitrogen functional groups attached to an aromatic ring is 1. The third-order valence-corrected chi connectivity index (χ3v) is 3.05. The highest BCUT2D eigenvalue weighted by Crippen LogP contribution is 2.30. The largest absolute Gasteiger partial charge is 0.384 e. The van der Waals surface area contributed by atoms with Gasteiger partial charge in [0, 0.05) is 18.5 Å². The molecule has 1 aromatic carbocycles. The zero-order valence-electron chi connectivity index (χ0n) is 9.94. The van der Waals surface area contributed by atoms with Crippen molar-refractivity contribution in [2.45, 2.75) is 19.3 Å². The summed E-state index contributed by atoms with van der Waals surface area (Å²) < 4.78 is 1.71. The zero-order chi connectivity index (χ0) is 11.8. The van der Waals surface area contributed by atoms with Gasteiger partial charge in [0.05, 0.1) is 5.69 Å². The maximum absolute atomic E-state index is 5.82. The van der Waals surface area contributed by atoms with Gasteiger partial charge in [0.2, 0.25) is 0 Å². The number of nitrogens with zero attached hydrogens (tertiary/aromatic N) is 2. The molecule has 0 atom stereocenters. The van der Waals surface area contributed by atoms with Gasteiger partial charge in [0.25, 0.3) is 0 Å². The molecule has 1 aromatic heterocycles. The highest BCUT2D eigenvalue weighted by Gasteiger charge is 2.26. The molecule has 16 heavy (non-hydrogen) atoms. The predicted molar refractivity (Wildman–Crippen MR) is 66.2 cm³/mol. The van der Waals surface area contributed by atoms with Crippen LogP contribution in [0.5, 0.6) is 0 Å². The highest BCUT2D eigenvalue weighted by molar-refractivity contribution is 5.39. The van der Waals surface area contributed by atoms with Gasteiger partial charge in [-0.3, -0.25) is 4.68 Å². The Kier molecular flexibility index (Phi) is 2.46. The number of anilines is 1. The molecule has 3 heteroatoms. The molecule has 3 nitrogen and oxygen atoms in total. The van der Waals surface area contributed by atoms with E-state index in [1.54, 1.807) is 4.68 Å². The van der Waals surface area contributed by atoms with Crippen LogP contribution in [-0.4, -0.2) is 9.78 Å². The number of hydrogen-bond acceptors (Lipinski definition) is 2. The number of aromatic nitrogens is 2. The Bertz CT molecular complexity index is 464. The minimum Gasteiger partial charge on any atom is -0.384 e. The van der Waals surface area contributed by atoms with E-state index in [4.69, 9.17) is 5.73 Å². The third-order valence-electron chi connectivity index (χ3n) is 3.05. The number of aryl methyl sites for hydroxylation is 1. The van der Waals surface area contributed by atoms with E-state index in [-0.39, 0.29) is 5.41 Å². The van der Waals surface area contributed by atoms with Crippen molar-refractivity contribution in [3.05, 3.63) is 47.7 Å². The Balaban J connectivity index is 2.46. The quantitative estimate of drug-likeness (QED) is 0.835. The lowest BCUT2D eigenvalue weighted by atomic mass is 9.82. The lowest BCUT2D eigenvalue weighted by Crippen LogP contribution is -2.19. The molecule has 0 saturated carbocycles. The molecule has 0 aliphatic carbocycles.